The quantitative estimate of drug-likeness (QED) is 0.857. The van der Waals surface area contributed by atoms with E-state index in [0.717, 1.165) is 5.56 Å². The van der Waals surface area contributed by atoms with Crippen LogP contribution in [0.25, 0.3) is 0 Å². The summed E-state index contributed by atoms with van der Waals surface area (Å²) in [5, 5.41) is 13.1. The number of ether oxygens (including phenoxy) is 3. The Bertz CT molecular complexity index is 694. The number of rotatable bonds is 6. The minimum Gasteiger partial charge on any atom is -0.488 e. The van der Waals surface area contributed by atoms with Gasteiger partial charge in [-0.15, -0.1) is 0 Å². The molecule has 1 fully saturated rings. The van der Waals surface area contributed by atoms with Crippen LogP contribution in [0, 0.1) is 0 Å². The van der Waals surface area contributed by atoms with E-state index in [0.29, 0.717) is 12.1 Å². The zero-order valence-corrected chi connectivity index (χ0v) is 13.2. The van der Waals surface area contributed by atoms with E-state index in [1.54, 1.807) is 41.3 Å². The van der Waals surface area contributed by atoms with Gasteiger partial charge in [-0.1, -0.05) is 12.1 Å². The van der Waals surface area contributed by atoms with Crippen molar-refractivity contribution < 1.29 is 32.5 Å². The highest BCUT2D eigenvalue weighted by Crippen LogP contribution is 2.38. The second kappa shape index (κ2) is 7.03. The fraction of sp³-hybridized carbons (Fsp3) is 0.438. The first-order valence-corrected chi connectivity index (χ1v) is 7.60. The predicted octanol–water partition coefficient (Wildman–Crippen LogP) is 2.11. The SMILES string of the molecule is OCc1cnn(Cc2ccc(OCC3(C(F)(F)F)OCCO3)cc2)c1. The zero-order chi connectivity index (χ0) is 17.9. The maximum absolute atomic E-state index is 13.1. The number of nitrogens with zero attached hydrogens (tertiary/aromatic N) is 2. The zero-order valence-electron chi connectivity index (χ0n) is 13.2. The lowest BCUT2D eigenvalue weighted by atomic mass is 10.2. The molecule has 25 heavy (non-hydrogen) atoms. The molecule has 1 saturated heterocycles. The van der Waals surface area contributed by atoms with E-state index in [2.05, 4.69) is 5.10 Å². The van der Waals surface area contributed by atoms with E-state index in [1.807, 2.05) is 0 Å². The third-order valence-electron chi connectivity index (χ3n) is 3.75. The van der Waals surface area contributed by atoms with E-state index in [9.17, 15) is 13.2 Å². The number of aliphatic hydroxyl groups excluding tert-OH is 1. The minimum absolute atomic E-state index is 0.0854. The van der Waals surface area contributed by atoms with Gasteiger partial charge < -0.3 is 19.3 Å². The standard InChI is InChI=1S/C16H17F3N2O4/c17-16(18,19)15(24-5-6-25-15)11-23-14-3-1-12(2-4-14)8-21-9-13(10-22)7-20-21/h1-4,7,9,22H,5-6,8,10-11H2. The van der Waals surface area contributed by atoms with E-state index >= 15 is 0 Å². The van der Waals surface area contributed by atoms with Crippen molar-refractivity contribution in [2.45, 2.75) is 25.1 Å². The number of aromatic nitrogens is 2. The number of alkyl halides is 3. The molecule has 136 valence electrons. The third kappa shape index (κ3) is 3.94. The molecule has 0 radical (unpaired) electrons. The van der Waals surface area contributed by atoms with Gasteiger partial charge in [-0.25, -0.2) is 0 Å². The largest absolute Gasteiger partial charge is 0.488 e. The molecule has 6 nitrogen and oxygen atoms in total. The van der Waals surface area contributed by atoms with E-state index in [-0.39, 0.29) is 25.6 Å². The first kappa shape index (κ1) is 17.7. The molecule has 0 aliphatic carbocycles. The topological polar surface area (TPSA) is 65.7 Å². The van der Waals surface area contributed by atoms with Crippen molar-refractivity contribution in [1.82, 2.24) is 9.78 Å². The predicted molar refractivity (Wildman–Crippen MR) is 79.9 cm³/mol. The van der Waals surface area contributed by atoms with E-state index in [4.69, 9.17) is 19.3 Å². The Balaban J connectivity index is 1.60. The van der Waals surface area contributed by atoms with Gasteiger partial charge in [-0.05, 0) is 17.7 Å². The Morgan fingerprint density at radius 1 is 1.16 bits per heavy atom. The van der Waals surface area contributed by atoms with Crippen molar-refractivity contribution in [2.75, 3.05) is 19.8 Å². The fourth-order valence-electron chi connectivity index (χ4n) is 2.41. The summed E-state index contributed by atoms with van der Waals surface area (Å²) in [6.45, 7) is -0.630. The molecule has 2 aromatic rings. The van der Waals surface area contributed by atoms with Crippen molar-refractivity contribution >= 4 is 0 Å². The Morgan fingerprint density at radius 3 is 2.40 bits per heavy atom. The third-order valence-corrected chi connectivity index (χ3v) is 3.75. The Labute approximate surface area is 141 Å². The molecule has 1 aromatic heterocycles. The van der Waals surface area contributed by atoms with Crippen molar-refractivity contribution in [3.05, 3.63) is 47.8 Å². The molecular weight excluding hydrogens is 341 g/mol. The molecule has 2 heterocycles. The van der Waals surface area contributed by atoms with Gasteiger partial charge in [0.25, 0.3) is 0 Å². The maximum atomic E-state index is 13.1. The van der Waals surface area contributed by atoms with Crippen LogP contribution in [-0.4, -0.2) is 46.7 Å². The van der Waals surface area contributed by atoms with E-state index < -0.39 is 18.6 Å². The van der Waals surface area contributed by atoms with Crippen LogP contribution in [0.3, 0.4) is 0 Å². The first-order valence-electron chi connectivity index (χ1n) is 7.60. The fourth-order valence-corrected chi connectivity index (χ4v) is 2.41. The molecule has 1 aromatic carbocycles. The van der Waals surface area contributed by atoms with Crippen LogP contribution in [0.5, 0.6) is 5.75 Å². The van der Waals surface area contributed by atoms with Gasteiger partial charge in [0.2, 0.25) is 0 Å². The molecule has 1 N–H and O–H groups in total. The average Bonchev–Trinajstić information content (AvgIpc) is 3.23. The van der Waals surface area contributed by atoms with Gasteiger partial charge in [0, 0.05) is 11.8 Å². The highest BCUT2D eigenvalue weighted by molar-refractivity contribution is 5.27. The molecular formula is C16H17F3N2O4. The molecule has 0 bridgehead atoms. The summed E-state index contributed by atoms with van der Waals surface area (Å²) in [4.78, 5) is 0. The van der Waals surface area contributed by atoms with Crippen LogP contribution in [0.15, 0.2) is 36.7 Å². The summed E-state index contributed by atoms with van der Waals surface area (Å²) in [5.41, 5.74) is 1.59. The molecule has 0 unspecified atom stereocenters. The summed E-state index contributed by atoms with van der Waals surface area (Å²) >= 11 is 0. The average molecular weight is 358 g/mol. The summed E-state index contributed by atoms with van der Waals surface area (Å²) in [6.07, 6.45) is -1.39. The molecule has 3 rings (SSSR count). The van der Waals surface area contributed by atoms with Gasteiger partial charge in [0.15, 0.2) is 6.61 Å². The number of hydrogen-bond donors (Lipinski definition) is 1. The molecule has 0 spiro atoms. The van der Waals surface area contributed by atoms with Crippen LogP contribution in [0.1, 0.15) is 11.1 Å². The van der Waals surface area contributed by atoms with Gasteiger partial charge in [0.1, 0.15) is 5.75 Å². The molecule has 0 saturated carbocycles. The van der Waals surface area contributed by atoms with Gasteiger partial charge in [-0.2, -0.15) is 18.3 Å². The minimum atomic E-state index is -4.67. The monoisotopic (exact) mass is 358 g/mol. The lowest BCUT2D eigenvalue weighted by molar-refractivity contribution is -0.350. The van der Waals surface area contributed by atoms with Crippen molar-refractivity contribution in [1.29, 1.82) is 0 Å². The van der Waals surface area contributed by atoms with Crippen LogP contribution in [0.4, 0.5) is 13.2 Å². The summed E-state index contributed by atoms with van der Waals surface area (Å²) in [5.74, 6) is -2.43. The van der Waals surface area contributed by atoms with Crippen molar-refractivity contribution in [3.63, 3.8) is 0 Å². The Hall–Kier alpha value is -2.10. The summed E-state index contributed by atoms with van der Waals surface area (Å²) in [6, 6.07) is 6.61. The van der Waals surface area contributed by atoms with Gasteiger partial charge >= 0.3 is 12.0 Å². The lowest BCUT2D eigenvalue weighted by Gasteiger charge is -2.29. The van der Waals surface area contributed by atoms with E-state index in [1.165, 1.54) is 0 Å². The van der Waals surface area contributed by atoms with Crippen LogP contribution in [-0.2, 0) is 22.6 Å². The number of halogens is 3. The Kier molecular flexibility index (Phi) is 4.98. The highest BCUT2D eigenvalue weighted by atomic mass is 19.4. The summed E-state index contributed by atoms with van der Waals surface area (Å²) < 4.78 is 55.6. The highest BCUT2D eigenvalue weighted by Gasteiger charge is 2.61. The number of aliphatic hydroxyl groups is 1. The van der Waals surface area contributed by atoms with Crippen LogP contribution < -0.4 is 4.74 Å². The maximum Gasteiger partial charge on any atom is 0.447 e. The van der Waals surface area contributed by atoms with Gasteiger partial charge in [-0.3, -0.25) is 4.68 Å². The molecule has 1 aliphatic heterocycles. The second-order valence-corrected chi connectivity index (χ2v) is 5.58. The lowest BCUT2D eigenvalue weighted by Crippen LogP contribution is -2.51. The van der Waals surface area contributed by atoms with Crippen LogP contribution >= 0.6 is 0 Å². The Morgan fingerprint density at radius 2 is 1.84 bits per heavy atom. The molecule has 9 heteroatoms. The molecule has 0 atom stereocenters. The molecule has 1 aliphatic rings. The van der Waals surface area contributed by atoms with Crippen molar-refractivity contribution in [2.24, 2.45) is 0 Å². The summed E-state index contributed by atoms with van der Waals surface area (Å²) in [7, 11) is 0. The smallest absolute Gasteiger partial charge is 0.447 e. The second-order valence-electron chi connectivity index (χ2n) is 5.58. The van der Waals surface area contributed by atoms with Crippen LogP contribution in [0.2, 0.25) is 0 Å². The molecule has 0 amide bonds. The van der Waals surface area contributed by atoms with Crippen molar-refractivity contribution in [3.8, 4) is 5.75 Å². The number of benzene rings is 1. The number of hydrogen-bond acceptors (Lipinski definition) is 5. The first-order chi connectivity index (χ1) is 11.9. The van der Waals surface area contributed by atoms with Gasteiger partial charge in [0.05, 0.1) is 32.6 Å². The normalized spacial score (nSPS) is 17.0.